The van der Waals surface area contributed by atoms with Crippen molar-refractivity contribution in [2.75, 3.05) is 19.6 Å². The van der Waals surface area contributed by atoms with Gasteiger partial charge in [-0.25, -0.2) is 0 Å². The van der Waals surface area contributed by atoms with E-state index < -0.39 is 0 Å². The fraction of sp³-hybridized carbons (Fsp3) is 0.812. The molecular weight excluding hydrogens is 236 g/mol. The van der Waals surface area contributed by atoms with Gasteiger partial charge in [0.2, 0.25) is 5.91 Å². The SMILES string of the molecule is CC(C)NCCCC(=O)N1CC=C(C(C)(C)C)CC1. The molecule has 0 unspecified atom stereocenters. The van der Waals surface area contributed by atoms with Gasteiger partial charge in [-0.05, 0) is 24.8 Å². The van der Waals surface area contributed by atoms with Crippen molar-refractivity contribution >= 4 is 5.91 Å². The maximum atomic E-state index is 12.1. The van der Waals surface area contributed by atoms with Crippen molar-refractivity contribution in [3.8, 4) is 0 Å². The minimum absolute atomic E-state index is 0.246. The number of amides is 1. The molecule has 0 saturated carbocycles. The van der Waals surface area contributed by atoms with Crippen molar-refractivity contribution in [1.29, 1.82) is 0 Å². The third kappa shape index (κ3) is 5.77. The second kappa shape index (κ2) is 7.09. The predicted molar refractivity (Wildman–Crippen MR) is 81.1 cm³/mol. The van der Waals surface area contributed by atoms with Crippen LogP contribution in [0.15, 0.2) is 11.6 Å². The highest BCUT2D eigenvalue weighted by Crippen LogP contribution is 2.30. The Hall–Kier alpha value is -0.830. The van der Waals surface area contributed by atoms with Crippen LogP contribution in [-0.4, -0.2) is 36.5 Å². The molecule has 0 fully saturated rings. The zero-order chi connectivity index (χ0) is 14.5. The first-order valence-electron chi connectivity index (χ1n) is 7.51. The molecule has 0 spiro atoms. The molecule has 3 nitrogen and oxygen atoms in total. The maximum Gasteiger partial charge on any atom is 0.222 e. The molecule has 1 N–H and O–H groups in total. The first-order chi connectivity index (χ1) is 8.80. The van der Waals surface area contributed by atoms with Crippen LogP contribution < -0.4 is 5.32 Å². The molecule has 0 saturated heterocycles. The van der Waals surface area contributed by atoms with Gasteiger partial charge in [0.15, 0.2) is 0 Å². The maximum absolute atomic E-state index is 12.1. The smallest absolute Gasteiger partial charge is 0.222 e. The third-order valence-corrected chi connectivity index (χ3v) is 3.65. The summed E-state index contributed by atoms with van der Waals surface area (Å²) in [4.78, 5) is 14.1. The van der Waals surface area contributed by atoms with E-state index in [9.17, 15) is 4.79 Å². The molecule has 3 heteroatoms. The molecule has 0 bridgehead atoms. The highest BCUT2D eigenvalue weighted by atomic mass is 16.2. The van der Waals surface area contributed by atoms with E-state index in [1.165, 1.54) is 5.57 Å². The van der Waals surface area contributed by atoms with Gasteiger partial charge in [-0.15, -0.1) is 0 Å². The summed E-state index contributed by atoms with van der Waals surface area (Å²) in [6.45, 7) is 13.6. The molecule has 0 aromatic carbocycles. The number of rotatable bonds is 5. The molecule has 1 rings (SSSR count). The molecule has 0 atom stereocenters. The van der Waals surface area contributed by atoms with Crippen LogP contribution in [-0.2, 0) is 4.79 Å². The molecule has 1 aliphatic heterocycles. The molecule has 1 amide bonds. The van der Waals surface area contributed by atoms with E-state index in [-0.39, 0.29) is 5.41 Å². The van der Waals surface area contributed by atoms with E-state index in [1.807, 2.05) is 4.90 Å². The van der Waals surface area contributed by atoms with E-state index >= 15 is 0 Å². The highest BCUT2D eigenvalue weighted by molar-refractivity contribution is 5.76. The monoisotopic (exact) mass is 266 g/mol. The molecule has 1 aliphatic rings. The van der Waals surface area contributed by atoms with Crippen LogP contribution in [0, 0.1) is 5.41 Å². The number of carbonyl (C=O) groups excluding carboxylic acids is 1. The van der Waals surface area contributed by atoms with E-state index in [0.29, 0.717) is 18.4 Å². The van der Waals surface area contributed by atoms with Gasteiger partial charge in [-0.3, -0.25) is 4.79 Å². The van der Waals surface area contributed by atoms with Crippen LogP contribution in [0.3, 0.4) is 0 Å². The minimum atomic E-state index is 0.246. The summed E-state index contributed by atoms with van der Waals surface area (Å²) in [5.41, 5.74) is 1.73. The Bertz CT molecular complexity index is 326. The molecule has 0 aliphatic carbocycles. The van der Waals surface area contributed by atoms with Gasteiger partial charge in [0.05, 0.1) is 0 Å². The second-order valence-electron chi connectivity index (χ2n) is 6.78. The Kier molecular flexibility index (Phi) is 6.05. The van der Waals surface area contributed by atoms with Gasteiger partial charge >= 0.3 is 0 Å². The Morgan fingerprint density at radius 3 is 2.58 bits per heavy atom. The summed E-state index contributed by atoms with van der Waals surface area (Å²) < 4.78 is 0. The quantitative estimate of drug-likeness (QED) is 0.613. The lowest BCUT2D eigenvalue weighted by Crippen LogP contribution is -2.36. The first kappa shape index (κ1) is 16.2. The predicted octanol–water partition coefficient (Wildman–Crippen LogP) is 2.97. The number of carbonyl (C=O) groups is 1. The molecule has 0 aromatic rings. The van der Waals surface area contributed by atoms with Crippen LogP contribution in [0.5, 0.6) is 0 Å². The normalized spacial score (nSPS) is 16.7. The van der Waals surface area contributed by atoms with Crippen molar-refractivity contribution in [2.45, 2.75) is 59.9 Å². The Morgan fingerprint density at radius 2 is 2.11 bits per heavy atom. The van der Waals surface area contributed by atoms with Gasteiger partial charge in [-0.2, -0.15) is 0 Å². The zero-order valence-corrected chi connectivity index (χ0v) is 13.3. The van der Waals surface area contributed by atoms with Crippen LogP contribution in [0.1, 0.15) is 53.9 Å². The van der Waals surface area contributed by atoms with Crippen molar-refractivity contribution in [3.05, 3.63) is 11.6 Å². The Balaban J connectivity index is 2.31. The van der Waals surface area contributed by atoms with Crippen LogP contribution >= 0.6 is 0 Å². The van der Waals surface area contributed by atoms with Crippen molar-refractivity contribution in [2.24, 2.45) is 5.41 Å². The van der Waals surface area contributed by atoms with Gasteiger partial charge in [-0.1, -0.05) is 46.3 Å². The summed E-state index contributed by atoms with van der Waals surface area (Å²) in [5, 5.41) is 3.35. The number of hydrogen-bond donors (Lipinski definition) is 1. The summed E-state index contributed by atoms with van der Waals surface area (Å²) in [5.74, 6) is 0.301. The standard InChI is InChI=1S/C16H30N2O/c1-13(2)17-10-6-7-15(19)18-11-8-14(9-12-18)16(3,4)5/h8,13,17H,6-7,9-12H2,1-5H3. The van der Waals surface area contributed by atoms with Gasteiger partial charge in [0.1, 0.15) is 0 Å². The Labute approximate surface area is 118 Å². The number of nitrogens with one attached hydrogen (secondary N) is 1. The largest absolute Gasteiger partial charge is 0.339 e. The van der Waals surface area contributed by atoms with E-state index in [2.05, 4.69) is 46.0 Å². The average molecular weight is 266 g/mol. The molecule has 110 valence electrons. The number of nitrogens with zero attached hydrogens (tertiary/aromatic N) is 1. The van der Waals surface area contributed by atoms with E-state index in [1.54, 1.807) is 0 Å². The molecular formula is C16H30N2O. The van der Waals surface area contributed by atoms with Crippen LogP contribution in [0.25, 0.3) is 0 Å². The summed E-state index contributed by atoms with van der Waals surface area (Å²) >= 11 is 0. The zero-order valence-electron chi connectivity index (χ0n) is 13.3. The topological polar surface area (TPSA) is 32.3 Å². The third-order valence-electron chi connectivity index (χ3n) is 3.65. The van der Waals surface area contributed by atoms with Crippen LogP contribution in [0.4, 0.5) is 0 Å². The summed E-state index contributed by atoms with van der Waals surface area (Å²) in [6.07, 6.45) is 4.87. The first-order valence-corrected chi connectivity index (χ1v) is 7.51. The fourth-order valence-corrected chi connectivity index (χ4v) is 2.37. The van der Waals surface area contributed by atoms with Gasteiger partial charge < -0.3 is 10.2 Å². The number of hydrogen-bond acceptors (Lipinski definition) is 2. The lowest BCUT2D eigenvalue weighted by Gasteiger charge is -2.32. The minimum Gasteiger partial charge on any atom is -0.339 e. The summed E-state index contributed by atoms with van der Waals surface area (Å²) in [7, 11) is 0. The summed E-state index contributed by atoms with van der Waals surface area (Å²) in [6, 6.07) is 0.502. The van der Waals surface area contributed by atoms with Crippen molar-refractivity contribution in [1.82, 2.24) is 10.2 Å². The Morgan fingerprint density at radius 1 is 1.42 bits per heavy atom. The second-order valence-corrected chi connectivity index (χ2v) is 6.78. The fourth-order valence-electron chi connectivity index (χ4n) is 2.37. The lowest BCUT2D eigenvalue weighted by atomic mass is 9.83. The molecule has 0 radical (unpaired) electrons. The van der Waals surface area contributed by atoms with Crippen molar-refractivity contribution < 1.29 is 4.79 Å². The highest BCUT2D eigenvalue weighted by Gasteiger charge is 2.23. The van der Waals surface area contributed by atoms with Gasteiger partial charge in [0.25, 0.3) is 0 Å². The van der Waals surface area contributed by atoms with E-state index in [0.717, 1.165) is 32.5 Å². The molecule has 0 aromatic heterocycles. The average Bonchev–Trinajstić information content (AvgIpc) is 2.33. The molecule has 1 heterocycles. The van der Waals surface area contributed by atoms with Crippen molar-refractivity contribution in [3.63, 3.8) is 0 Å². The molecule has 19 heavy (non-hydrogen) atoms. The van der Waals surface area contributed by atoms with Gasteiger partial charge in [0, 0.05) is 25.6 Å². The van der Waals surface area contributed by atoms with Crippen LogP contribution in [0.2, 0.25) is 0 Å². The lowest BCUT2D eigenvalue weighted by molar-refractivity contribution is -0.131. The van der Waals surface area contributed by atoms with E-state index in [4.69, 9.17) is 0 Å².